The molecule has 1 fully saturated rings. The summed E-state index contributed by atoms with van der Waals surface area (Å²) in [6.07, 6.45) is 7.92. The van der Waals surface area contributed by atoms with Crippen LogP contribution in [0.5, 0.6) is 0 Å². The summed E-state index contributed by atoms with van der Waals surface area (Å²) in [5, 5.41) is 2.99. The van der Waals surface area contributed by atoms with Crippen LogP contribution in [0.4, 0.5) is 5.69 Å². The van der Waals surface area contributed by atoms with Crippen molar-refractivity contribution in [1.82, 2.24) is 20.3 Å². The molecule has 1 aliphatic heterocycles. The largest absolute Gasteiger partial charge is 0.370 e. The van der Waals surface area contributed by atoms with Gasteiger partial charge in [-0.2, -0.15) is 0 Å². The highest BCUT2D eigenvalue weighted by atomic mass is 16.1. The Labute approximate surface area is 130 Å². The number of carbonyl (C=O) groups excluding carboxylic acids is 1. The van der Waals surface area contributed by atoms with Gasteiger partial charge in [-0.25, -0.2) is 9.97 Å². The van der Waals surface area contributed by atoms with Crippen LogP contribution in [0.3, 0.4) is 0 Å². The van der Waals surface area contributed by atoms with Crippen molar-refractivity contribution < 1.29 is 4.79 Å². The smallest absolute Gasteiger partial charge is 0.223 e. The predicted molar refractivity (Wildman–Crippen MR) is 85.6 cm³/mol. The monoisotopic (exact) mass is 299 g/mol. The van der Waals surface area contributed by atoms with Gasteiger partial charge in [-0.15, -0.1) is 0 Å². The molecule has 0 aliphatic carbocycles. The number of hydrogen-bond acceptors (Lipinski definition) is 5. The second kappa shape index (κ2) is 6.68. The number of nitrogens with zero attached hydrogens (tertiary/aromatic N) is 4. The van der Waals surface area contributed by atoms with Gasteiger partial charge in [0.2, 0.25) is 5.91 Å². The minimum absolute atomic E-state index is 0.135. The molecule has 3 heterocycles. The lowest BCUT2D eigenvalue weighted by atomic mass is 9.95. The fourth-order valence-corrected chi connectivity index (χ4v) is 2.81. The molecule has 1 aliphatic rings. The number of amides is 1. The van der Waals surface area contributed by atoms with Crippen LogP contribution in [0.25, 0.3) is 11.2 Å². The number of fused-ring (bicyclic) bond motifs is 1. The van der Waals surface area contributed by atoms with Crippen LogP contribution in [0.2, 0.25) is 0 Å². The van der Waals surface area contributed by atoms with Crippen molar-refractivity contribution in [3.8, 4) is 0 Å². The minimum atomic E-state index is 0.135. The molecule has 0 unspecified atom stereocenters. The van der Waals surface area contributed by atoms with Gasteiger partial charge in [0.15, 0.2) is 5.65 Å². The summed E-state index contributed by atoms with van der Waals surface area (Å²) in [5.74, 6) is 0.333. The summed E-state index contributed by atoms with van der Waals surface area (Å²) >= 11 is 0. The van der Waals surface area contributed by atoms with E-state index in [1.807, 2.05) is 12.3 Å². The highest BCUT2D eigenvalue weighted by molar-refractivity contribution is 5.79. The summed E-state index contributed by atoms with van der Waals surface area (Å²) in [5.41, 5.74) is 2.53. The number of nitrogens with one attached hydrogen (secondary N) is 1. The lowest BCUT2D eigenvalue weighted by molar-refractivity contribution is -0.125. The number of pyridine rings is 1. The van der Waals surface area contributed by atoms with E-state index in [-0.39, 0.29) is 11.8 Å². The molecule has 1 N–H and O–H groups in total. The van der Waals surface area contributed by atoms with E-state index >= 15 is 0 Å². The molecular formula is C16H21N5O. The van der Waals surface area contributed by atoms with Crippen molar-refractivity contribution in [1.29, 1.82) is 0 Å². The summed E-state index contributed by atoms with van der Waals surface area (Å²) in [6, 6.07) is 2.02. The fraction of sp³-hybridized carbons (Fsp3) is 0.500. The maximum atomic E-state index is 12.0. The molecule has 2 aromatic rings. The van der Waals surface area contributed by atoms with E-state index in [0.29, 0.717) is 5.65 Å². The standard InChI is InChI=1S/C16H21N5O/c1-2-5-19-16(22)12-3-8-21(9-4-12)13-10-14-15(20-11-13)18-7-6-17-14/h6-7,10-12H,2-5,8-9H2,1H3,(H,19,22). The van der Waals surface area contributed by atoms with Crippen molar-refractivity contribution >= 4 is 22.8 Å². The molecule has 1 amide bonds. The molecule has 22 heavy (non-hydrogen) atoms. The zero-order chi connectivity index (χ0) is 15.4. The third-order valence-electron chi connectivity index (χ3n) is 4.09. The van der Waals surface area contributed by atoms with Gasteiger partial charge < -0.3 is 10.2 Å². The summed E-state index contributed by atoms with van der Waals surface area (Å²) in [6.45, 7) is 4.58. The quantitative estimate of drug-likeness (QED) is 0.931. The van der Waals surface area contributed by atoms with Gasteiger partial charge in [-0.3, -0.25) is 9.78 Å². The second-order valence-electron chi connectivity index (χ2n) is 5.64. The first-order chi connectivity index (χ1) is 10.8. The molecule has 1 saturated heterocycles. The van der Waals surface area contributed by atoms with Crippen molar-refractivity contribution in [2.75, 3.05) is 24.5 Å². The minimum Gasteiger partial charge on any atom is -0.370 e. The van der Waals surface area contributed by atoms with Crippen LogP contribution < -0.4 is 10.2 Å². The zero-order valence-electron chi connectivity index (χ0n) is 12.8. The SMILES string of the molecule is CCCNC(=O)C1CCN(c2cnc3nccnc3c2)CC1. The molecule has 116 valence electrons. The van der Waals surface area contributed by atoms with Gasteiger partial charge in [-0.05, 0) is 25.3 Å². The average Bonchev–Trinajstić information content (AvgIpc) is 2.59. The number of anilines is 1. The Bertz CT molecular complexity index is 652. The number of hydrogen-bond donors (Lipinski definition) is 1. The highest BCUT2D eigenvalue weighted by Crippen LogP contribution is 2.24. The van der Waals surface area contributed by atoms with Crippen molar-refractivity contribution in [3.63, 3.8) is 0 Å². The van der Waals surface area contributed by atoms with Gasteiger partial charge in [0.1, 0.15) is 5.52 Å². The Hall–Kier alpha value is -2.24. The van der Waals surface area contributed by atoms with Gasteiger partial charge >= 0.3 is 0 Å². The molecule has 0 atom stereocenters. The van der Waals surface area contributed by atoms with E-state index in [2.05, 4.69) is 32.1 Å². The first-order valence-corrected chi connectivity index (χ1v) is 7.87. The van der Waals surface area contributed by atoms with Crippen molar-refractivity contribution in [2.45, 2.75) is 26.2 Å². The molecular weight excluding hydrogens is 278 g/mol. The molecule has 2 aromatic heterocycles. The average molecular weight is 299 g/mol. The van der Waals surface area contributed by atoms with E-state index in [1.54, 1.807) is 12.4 Å². The molecule has 3 rings (SSSR count). The van der Waals surface area contributed by atoms with Gasteiger partial charge in [0.25, 0.3) is 0 Å². The van der Waals surface area contributed by atoms with Gasteiger partial charge in [0, 0.05) is 37.9 Å². The second-order valence-corrected chi connectivity index (χ2v) is 5.64. The normalized spacial score (nSPS) is 16.0. The van der Waals surface area contributed by atoms with Crippen LogP contribution in [-0.4, -0.2) is 40.5 Å². The molecule has 6 nitrogen and oxygen atoms in total. The van der Waals surface area contributed by atoms with Crippen LogP contribution in [-0.2, 0) is 4.79 Å². The van der Waals surface area contributed by atoms with E-state index in [0.717, 1.165) is 50.1 Å². The Morgan fingerprint density at radius 1 is 1.27 bits per heavy atom. The lowest BCUT2D eigenvalue weighted by Gasteiger charge is -2.32. The Morgan fingerprint density at radius 2 is 2.05 bits per heavy atom. The Kier molecular flexibility index (Phi) is 4.46. The van der Waals surface area contributed by atoms with Crippen LogP contribution in [0.15, 0.2) is 24.7 Å². The first kappa shape index (κ1) is 14.7. The molecule has 6 heteroatoms. The highest BCUT2D eigenvalue weighted by Gasteiger charge is 2.25. The molecule has 0 spiro atoms. The Balaban J connectivity index is 1.63. The summed E-state index contributed by atoms with van der Waals surface area (Å²) < 4.78 is 0. The zero-order valence-corrected chi connectivity index (χ0v) is 12.8. The third-order valence-corrected chi connectivity index (χ3v) is 4.09. The summed E-state index contributed by atoms with van der Waals surface area (Å²) in [4.78, 5) is 27.1. The number of carbonyl (C=O) groups is 1. The van der Waals surface area contributed by atoms with Gasteiger partial charge in [-0.1, -0.05) is 6.92 Å². The van der Waals surface area contributed by atoms with Crippen LogP contribution in [0, 0.1) is 5.92 Å². The van der Waals surface area contributed by atoms with Crippen molar-refractivity contribution in [3.05, 3.63) is 24.7 Å². The van der Waals surface area contributed by atoms with Crippen LogP contribution in [0.1, 0.15) is 26.2 Å². The summed E-state index contributed by atoms with van der Waals surface area (Å²) in [7, 11) is 0. The lowest BCUT2D eigenvalue weighted by Crippen LogP contribution is -2.40. The van der Waals surface area contributed by atoms with E-state index in [4.69, 9.17) is 0 Å². The first-order valence-electron chi connectivity index (χ1n) is 7.87. The predicted octanol–water partition coefficient (Wildman–Crippen LogP) is 1.77. The topological polar surface area (TPSA) is 71.0 Å². The van der Waals surface area contributed by atoms with Crippen LogP contribution >= 0.6 is 0 Å². The number of piperidine rings is 1. The Morgan fingerprint density at radius 3 is 2.82 bits per heavy atom. The fourth-order valence-electron chi connectivity index (χ4n) is 2.81. The van der Waals surface area contributed by atoms with Crippen molar-refractivity contribution in [2.24, 2.45) is 5.92 Å². The number of rotatable bonds is 4. The molecule has 0 radical (unpaired) electrons. The molecule has 0 bridgehead atoms. The number of aromatic nitrogens is 3. The maximum absolute atomic E-state index is 12.0. The molecule has 0 aromatic carbocycles. The van der Waals surface area contributed by atoms with E-state index < -0.39 is 0 Å². The van der Waals surface area contributed by atoms with Gasteiger partial charge in [0.05, 0.1) is 11.9 Å². The third kappa shape index (κ3) is 3.16. The maximum Gasteiger partial charge on any atom is 0.223 e. The van der Waals surface area contributed by atoms with E-state index in [1.165, 1.54) is 0 Å². The van der Waals surface area contributed by atoms with E-state index in [9.17, 15) is 4.79 Å². The molecule has 0 saturated carbocycles.